The fourth-order valence-corrected chi connectivity index (χ4v) is 2.64. The van der Waals surface area contributed by atoms with Crippen LogP contribution in [0.15, 0.2) is 84.0 Å². The zero-order valence-corrected chi connectivity index (χ0v) is 15.7. The summed E-state index contributed by atoms with van der Waals surface area (Å²) in [5.74, 6) is 0.0998. The van der Waals surface area contributed by atoms with Crippen LogP contribution in [0.1, 0.15) is 22.8 Å². The summed E-state index contributed by atoms with van der Waals surface area (Å²) in [5.41, 5.74) is 4.53. The molecule has 0 fully saturated rings. The van der Waals surface area contributed by atoms with Crippen LogP contribution in [-0.4, -0.2) is 17.2 Å². The number of halogens is 1. The monoisotopic (exact) mass is 394 g/mol. The van der Waals surface area contributed by atoms with Crippen LogP contribution in [-0.2, 0) is 11.4 Å². The van der Waals surface area contributed by atoms with Gasteiger partial charge in [0.05, 0.1) is 6.21 Å². The molecule has 0 bridgehead atoms. The molecule has 5 nitrogen and oxygen atoms in total. The summed E-state index contributed by atoms with van der Waals surface area (Å²) in [5, 5.41) is 14.5. The van der Waals surface area contributed by atoms with E-state index < -0.39 is 12.0 Å². The molecular weight excluding hydrogens is 376 g/mol. The van der Waals surface area contributed by atoms with E-state index in [0.717, 1.165) is 11.1 Å². The molecule has 28 heavy (non-hydrogen) atoms. The number of ether oxygens (including phenoxy) is 1. The molecule has 1 amide bonds. The van der Waals surface area contributed by atoms with E-state index in [-0.39, 0.29) is 0 Å². The summed E-state index contributed by atoms with van der Waals surface area (Å²) in [6.45, 7) is 0.376. The largest absolute Gasteiger partial charge is 0.489 e. The van der Waals surface area contributed by atoms with Gasteiger partial charge in [0.1, 0.15) is 12.4 Å². The van der Waals surface area contributed by atoms with E-state index in [1.54, 1.807) is 36.4 Å². The van der Waals surface area contributed by atoms with Crippen LogP contribution in [0, 0.1) is 0 Å². The van der Waals surface area contributed by atoms with E-state index in [1.807, 2.05) is 42.5 Å². The first-order chi connectivity index (χ1) is 13.6. The van der Waals surface area contributed by atoms with E-state index in [1.165, 1.54) is 6.21 Å². The second kappa shape index (κ2) is 9.69. The van der Waals surface area contributed by atoms with Gasteiger partial charge >= 0.3 is 0 Å². The number of hydrogen-bond acceptors (Lipinski definition) is 4. The highest BCUT2D eigenvalue weighted by Gasteiger charge is 2.15. The zero-order chi connectivity index (χ0) is 19.8. The number of rotatable bonds is 7. The van der Waals surface area contributed by atoms with Gasteiger partial charge in [-0.15, -0.1) is 0 Å². The van der Waals surface area contributed by atoms with Gasteiger partial charge < -0.3 is 9.84 Å². The lowest BCUT2D eigenvalue weighted by molar-refractivity contribution is -0.129. The Morgan fingerprint density at radius 2 is 1.71 bits per heavy atom. The van der Waals surface area contributed by atoms with Crippen LogP contribution in [0.2, 0.25) is 5.02 Å². The lowest BCUT2D eigenvalue weighted by Crippen LogP contribution is -2.25. The number of aliphatic hydroxyl groups excluding tert-OH is 1. The maximum Gasteiger partial charge on any atom is 0.273 e. The van der Waals surface area contributed by atoms with Crippen molar-refractivity contribution in [1.29, 1.82) is 0 Å². The molecule has 0 aromatic heterocycles. The van der Waals surface area contributed by atoms with Crippen molar-refractivity contribution in [3.63, 3.8) is 0 Å². The average Bonchev–Trinajstić information content (AvgIpc) is 2.74. The number of aliphatic hydroxyl groups is 1. The van der Waals surface area contributed by atoms with Crippen molar-refractivity contribution in [3.05, 3.63) is 101 Å². The van der Waals surface area contributed by atoms with Crippen LogP contribution >= 0.6 is 11.6 Å². The molecule has 142 valence electrons. The van der Waals surface area contributed by atoms with Crippen molar-refractivity contribution in [2.45, 2.75) is 12.7 Å². The third kappa shape index (κ3) is 5.42. The molecule has 0 unspecified atom stereocenters. The van der Waals surface area contributed by atoms with Gasteiger partial charge in [0, 0.05) is 10.6 Å². The number of hydrazone groups is 1. The number of carbonyl (C=O) groups is 1. The second-order valence-electron chi connectivity index (χ2n) is 6.00. The van der Waals surface area contributed by atoms with E-state index in [4.69, 9.17) is 16.3 Å². The summed E-state index contributed by atoms with van der Waals surface area (Å²) in [6, 6.07) is 23.4. The van der Waals surface area contributed by atoms with Crippen molar-refractivity contribution in [2.24, 2.45) is 5.10 Å². The maximum atomic E-state index is 11.9. The second-order valence-corrected chi connectivity index (χ2v) is 6.40. The lowest BCUT2D eigenvalue weighted by Gasteiger charge is -2.09. The van der Waals surface area contributed by atoms with Crippen molar-refractivity contribution in [3.8, 4) is 5.75 Å². The van der Waals surface area contributed by atoms with Crippen LogP contribution in [0.3, 0.4) is 0 Å². The van der Waals surface area contributed by atoms with Crippen molar-refractivity contribution in [2.75, 3.05) is 0 Å². The number of benzene rings is 3. The van der Waals surface area contributed by atoms with Gasteiger partial charge in [0.2, 0.25) is 0 Å². The molecule has 3 rings (SSSR count). The molecule has 0 aliphatic carbocycles. The Kier molecular flexibility index (Phi) is 6.78. The van der Waals surface area contributed by atoms with Crippen molar-refractivity contribution in [1.82, 2.24) is 5.43 Å². The van der Waals surface area contributed by atoms with Crippen molar-refractivity contribution < 1.29 is 14.6 Å². The number of nitrogens with one attached hydrogen (secondary N) is 1. The molecular formula is C22H19ClN2O3. The fourth-order valence-electron chi connectivity index (χ4n) is 2.44. The number of amides is 1. The van der Waals surface area contributed by atoms with Gasteiger partial charge in [-0.2, -0.15) is 5.10 Å². The Hall–Kier alpha value is -3.15. The first-order valence-corrected chi connectivity index (χ1v) is 9.03. The third-order valence-electron chi connectivity index (χ3n) is 3.98. The Labute approximate surface area is 168 Å². The number of carbonyl (C=O) groups excluding carboxylic acids is 1. The third-order valence-corrected chi connectivity index (χ3v) is 4.35. The molecule has 0 heterocycles. The molecule has 2 N–H and O–H groups in total. The normalized spacial score (nSPS) is 11.9. The Bertz CT molecular complexity index is 944. The predicted octanol–water partition coefficient (Wildman–Crippen LogP) is 4.10. The minimum absolute atomic E-state index is 0.376. The molecule has 0 aliphatic heterocycles. The van der Waals surface area contributed by atoms with E-state index in [2.05, 4.69) is 10.5 Å². The molecule has 3 aromatic carbocycles. The van der Waals surface area contributed by atoms with Gasteiger partial charge in [-0.3, -0.25) is 4.79 Å². The van der Waals surface area contributed by atoms with Gasteiger partial charge in [-0.05, 0) is 41.5 Å². The number of nitrogens with zero attached hydrogens (tertiary/aromatic N) is 1. The smallest absolute Gasteiger partial charge is 0.273 e. The minimum atomic E-state index is -1.26. The molecule has 0 saturated carbocycles. The first-order valence-electron chi connectivity index (χ1n) is 8.65. The van der Waals surface area contributed by atoms with Crippen molar-refractivity contribution >= 4 is 23.7 Å². The standard InChI is InChI=1S/C22H19ClN2O3/c23-20-9-5-4-8-18(20)15-28-19-12-10-16(11-13-19)14-24-25-22(27)21(26)17-6-2-1-3-7-17/h1-14,21,26H,15H2,(H,25,27)/b24-14-/t21-/m0/s1. The van der Waals surface area contributed by atoms with Crippen LogP contribution < -0.4 is 10.2 Å². The summed E-state index contributed by atoms with van der Waals surface area (Å²) in [6.07, 6.45) is 0.229. The Morgan fingerprint density at radius 3 is 2.43 bits per heavy atom. The van der Waals surface area contributed by atoms with Gasteiger partial charge in [0.15, 0.2) is 6.10 Å². The minimum Gasteiger partial charge on any atom is -0.489 e. The van der Waals surface area contributed by atoms with E-state index >= 15 is 0 Å². The molecule has 0 saturated heterocycles. The molecule has 0 spiro atoms. The fraction of sp³-hybridized carbons (Fsp3) is 0.0909. The quantitative estimate of drug-likeness (QED) is 0.468. The van der Waals surface area contributed by atoms with Crippen LogP contribution in [0.25, 0.3) is 0 Å². The highest BCUT2D eigenvalue weighted by molar-refractivity contribution is 6.31. The van der Waals surface area contributed by atoms with E-state index in [9.17, 15) is 9.90 Å². The predicted molar refractivity (Wildman–Crippen MR) is 109 cm³/mol. The highest BCUT2D eigenvalue weighted by atomic mass is 35.5. The highest BCUT2D eigenvalue weighted by Crippen LogP contribution is 2.18. The van der Waals surface area contributed by atoms with Gasteiger partial charge in [-0.1, -0.05) is 60.1 Å². The van der Waals surface area contributed by atoms with Gasteiger partial charge in [0.25, 0.3) is 5.91 Å². The number of hydrogen-bond donors (Lipinski definition) is 2. The molecule has 0 radical (unpaired) electrons. The maximum absolute atomic E-state index is 11.9. The summed E-state index contributed by atoms with van der Waals surface area (Å²) in [7, 11) is 0. The lowest BCUT2D eigenvalue weighted by atomic mass is 10.1. The zero-order valence-electron chi connectivity index (χ0n) is 15.0. The Morgan fingerprint density at radius 1 is 1.04 bits per heavy atom. The summed E-state index contributed by atoms with van der Waals surface area (Å²) < 4.78 is 5.72. The summed E-state index contributed by atoms with van der Waals surface area (Å²) in [4.78, 5) is 11.9. The average molecular weight is 395 g/mol. The molecule has 1 atom stereocenters. The first kappa shape index (κ1) is 19.6. The topological polar surface area (TPSA) is 70.9 Å². The SMILES string of the molecule is O=C(N/N=C\c1ccc(OCc2ccccc2Cl)cc1)[C@@H](O)c1ccccc1. The molecule has 3 aromatic rings. The van der Waals surface area contributed by atoms with Gasteiger partial charge in [-0.25, -0.2) is 5.43 Å². The van der Waals surface area contributed by atoms with Crippen LogP contribution in [0.4, 0.5) is 0 Å². The van der Waals surface area contributed by atoms with E-state index in [0.29, 0.717) is 22.9 Å². The molecule has 6 heteroatoms. The Balaban J connectivity index is 1.51. The summed E-state index contributed by atoms with van der Waals surface area (Å²) >= 11 is 6.11. The van der Waals surface area contributed by atoms with Crippen LogP contribution in [0.5, 0.6) is 5.75 Å². The molecule has 0 aliphatic rings.